The van der Waals surface area contributed by atoms with Gasteiger partial charge in [0.15, 0.2) is 20.6 Å². The maximum Gasteiger partial charge on any atom is 0.183 e. The van der Waals surface area contributed by atoms with Crippen LogP contribution in [0.5, 0.6) is 0 Å². The molecule has 2 heterocycles. The first-order valence-electron chi connectivity index (χ1n) is 7.25. The largest absolute Gasteiger partial charge is 0.392 e. The molecule has 1 atom stereocenters. The Hall–Kier alpha value is -2.07. The van der Waals surface area contributed by atoms with Crippen LogP contribution in [0.2, 0.25) is 5.15 Å². The van der Waals surface area contributed by atoms with Gasteiger partial charge in [0.25, 0.3) is 0 Å². The summed E-state index contributed by atoms with van der Waals surface area (Å²) >= 11 is 6.09. The number of imidazole rings is 1. The molecule has 1 aromatic carbocycles. The molecule has 3 rings (SSSR count). The Bertz CT molecular complexity index is 1010. The average molecular weight is 383 g/mol. The van der Waals surface area contributed by atoms with E-state index in [0.29, 0.717) is 16.7 Å². The second kappa shape index (κ2) is 7.04. The summed E-state index contributed by atoms with van der Waals surface area (Å²) in [6.45, 7) is -0.374. The van der Waals surface area contributed by atoms with Gasteiger partial charge < -0.3 is 9.84 Å². The van der Waals surface area contributed by atoms with E-state index in [4.69, 9.17) is 16.3 Å². The first-order chi connectivity index (χ1) is 12.0. The lowest BCUT2D eigenvalue weighted by atomic mass is 10.2. The Morgan fingerprint density at radius 3 is 2.76 bits per heavy atom. The monoisotopic (exact) mass is 382 g/mol. The first-order valence-corrected chi connectivity index (χ1v) is 9.28. The van der Waals surface area contributed by atoms with E-state index in [1.165, 1.54) is 30.4 Å². The number of sulfone groups is 1. The van der Waals surface area contributed by atoms with Crippen LogP contribution in [-0.4, -0.2) is 45.9 Å². The van der Waals surface area contributed by atoms with Crippen LogP contribution in [0.25, 0.3) is 11.2 Å². The van der Waals surface area contributed by atoms with Crippen LogP contribution >= 0.6 is 11.6 Å². The van der Waals surface area contributed by atoms with Gasteiger partial charge in [-0.2, -0.15) is 0 Å². The zero-order valence-electron chi connectivity index (χ0n) is 13.2. The van der Waals surface area contributed by atoms with Crippen molar-refractivity contribution in [3.8, 4) is 0 Å². The number of fused-ring (bicyclic) bond motifs is 1. The number of hydrogen-bond acceptors (Lipinski definition) is 7. The van der Waals surface area contributed by atoms with E-state index < -0.39 is 16.1 Å². The molecule has 0 radical (unpaired) electrons. The van der Waals surface area contributed by atoms with Crippen molar-refractivity contribution >= 4 is 32.6 Å². The molecule has 0 saturated carbocycles. The van der Waals surface area contributed by atoms with Crippen LogP contribution in [0.4, 0.5) is 0 Å². The Balaban J connectivity index is 2.02. The Morgan fingerprint density at radius 1 is 1.28 bits per heavy atom. The summed E-state index contributed by atoms with van der Waals surface area (Å²) in [5, 5.41) is 9.54. The molecule has 0 aliphatic carbocycles. The summed E-state index contributed by atoms with van der Waals surface area (Å²) in [5.41, 5.74) is 1.06. The number of halogens is 1. The molecule has 1 N–H and O–H groups in total. The highest BCUT2D eigenvalue weighted by atomic mass is 35.5. The standard InChI is InChI=1S/C15H15ClN4O4S/c1-24-12(20-9-19-15-13(20)14(16)17-8-18-15)7-25(22,23)11-5-3-2-4-10(11)6-21/h2-5,8-9,12,21H,6-7H2,1H3. The van der Waals surface area contributed by atoms with Crippen LogP contribution in [0.3, 0.4) is 0 Å². The molecule has 25 heavy (non-hydrogen) atoms. The maximum absolute atomic E-state index is 12.8. The molecule has 1 unspecified atom stereocenters. The highest BCUT2D eigenvalue weighted by Crippen LogP contribution is 2.26. The molecule has 2 aromatic heterocycles. The van der Waals surface area contributed by atoms with Gasteiger partial charge in [-0.25, -0.2) is 23.4 Å². The second-order valence-electron chi connectivity index (χ2n) is 5.23. The Morgan fingerprint density at radius 2 is 2.04 bits per heavy atom. The Kier molecular flexibility index (Phi) is 5.00. The number of aliphatic hydroxyl groups is 1. The number of nitrogens with zero attached hydrogens (tertiary/aromatic N) is 4. The SMILES string of the molecule is COC(CS(=O)(=O)c1ccccc1CO)n1cnc2ncnc(Cl)c21. The molecule has 0 amide bonds. The third-order valence-electron chi connectivity index (χ3n) is 3.74. The van der Waals surface area contributed by atoms with E-state index in [2.05, 4.69) is 15.0 Å². The molecule has 0 aliphatic rings. The topological polar surface area (TPSA) is 107 Å². The lowest BCUT2D eigenvalue weighted by molar-refractivity contribution is 0.0663. The third kappa shape index (κ3) is 3.36. The van der Waals surface area contributed by atoms with Crippen molar-refractivity contribution in [1.82, 2.24) is 19.5 Å². The van der Waals surface area contributed by atoms with E-state index in [9.17, 15) is 13.5 Å². The minimum absolute atomic E-state index is 0.0614. The molecule has 0 fully saturated rings. The molecule has 8 nitrogen and oxygen atoms in total. The van der Waals surface area contributed by atoms with Crippen molar-refractivity contribution in [3.63, 3.8) is 0 Å². The van der Waals surface area contributed by atoms with Crippen LogP contribution < -0.4 is 0 Å². The fourth-order valence-electron chi connectivity index (χ4n) is 2.54. The van der Waals surface area contributed by atoms with Crippen molar-refractivity contribution in [2.24, 2.45) is 0 Å². The van der Waals surface area contributed by atoms with Gasteiger partial charge in [0, 0.05) is 7.11 Å². The minimum Gasteiger partial charge on any atom is -0.392 e. The molecule has 0 spiro atoms. The maximum atomic E-state index is 12.8. The van der Waals surface area contributed by atoms with Crippen LogP contribution in [0.15, 0.2) is 41.8 Å². The molecular weight excluding hydrogens is 368 g/mol. The predicted molar refractivity (Wildman–Crippen MR) is 90.8 cm³/mol. The molecule has 10 heteroatoms. The minimum atomic E-state index is -3.74. The van der Waals surface area contributed by atoms with Gasteiger partial charge in [-0.1, -0.05) is 29.8 Å². The molecular formula is C15H15ClN4O4S. The smallest absolute Gasteiger partial charge is 0.183 e. The van der Waals surface area contributed by atoms with Crippen molar-refractivity contribution in [2.75, 3.05) is 12.9 Å². The van der Waals surface area contributed by atoms with E-state index >= 15 is 0 Å². The van der Waals surface area contributed by atoms with Crippen molar-refractivity contribution in [2.45, 2.75) is 17.7 Å². The lowest BCUT2D eigenvalue weighted by Crippen LogP contribution is -2.22. The number of hydrogen-bond donors (Lipinski definition) is 1. The van der Waals surface area contributed by atoms with E-state index in [1.54, 1.807) is 18.2 Å². The summed E-state index contributed by atoms with van der Waals surface area (Å²) < 4.78 is 32.5. The summed E-state index contributed by atoms with van der Waals surface area (Å²) in [5.74, 6) is -0.364. The van der Waals surface area contributed by atoms with Crippen LogP contribution in [0, 0.1) is 0 Å². The van der Waals surface area contributed by atoms with E-state index in [-0.39, 0.29) is 22.4 Å². The van der Waals surface area contributed by atoms with Gasteiger partial charge in [0.2, 0.25) is 0 Å². The third-order valence-corrected chi connectivity index (χ3v) is 5.81. The number of methoxy groups -OCH3 is 1. The number of rotatable bonds is 6. The van der Waals surface area contributed by atoms with Gasteiger partial charge in [-0.15, -0.1) is 0 Å². The van der Waals surface area contributed by atoms with Crippen LogP contribution in [-0.2, 0) is 21.2 Å². The fourth-order valence-corrected chi connectivity index (χ4v) is 4.43. The number of aromatic nitrogens is 4. The van der Waals surface area contributed by atoms with Crippen molar-refractivity contribution < 1.29 is 18.3 Å². The van der Waals surface area contributed by atoms with Crippen molar-refractivity contribution in [3.05, 3.63) is 47.6 Å². The lowest BCUT2D eigenvalue weighted by Gasteiger charge is -2.19. The highest BCUT2D eigenvalue weighted by Gasteiger charge is 2.26. The summed E-state index contributed by atoms with van der Waals surface area (Å²) in [4.78, 5) is 12.0. The van der Waals surface area contributed by atoms with Gasteiger partial charge in [-0.05, 0) is 11.6 Å². The van der Waals surface area contributed by atoms with Gasteiger partial charge in [-0.3, -0.25) is 4.57 Å². The normalized spacial score (nSPS) is 13.2. The van der Waals surface area contributed by atoms with E-state index in [1.807, 2.05) is 0 Å². The molecule has 0 saturated heterocycles. The van der Waals surface area contributed by atoms with E-state index in [0.717, 1.165) is 0 Å². The molecule has 3 aromatic rings. The van der Waals surface area contributed by atoms with Gasteiger partial charge in [0.1, 0.15) is 23.8 Å². The summed E-state index contributed by atoms with van der Waals surface area (Å²) in [7, 11) is -2.35. The zero-order valence-corrected chi connectivity index (χ0v) is 14.8. The molecule has 0 bridgehead atoms. The van der Waals surface area contributed by atoms with Gasteiger partial charge >= 0.3 is 0 Å². The number of aliphatic hydroxyl groups excluding tert-OH is 1. The Labute approximate surface area is 149 Å². The number of ether oxygens (including phenoxy) is 1. The predicted octanol–water partition coefficient (Wildman–Crippen LogP) is 1.59. The fraction of sp³-hybridized carbons (Fsp3) is 0.267. The zero-order chi connectivity index (χ0) is 18.0. The average Bonchev–Trinajstić information content (AvgIpc) is 3.05. The molecule has 0 aliphatic heterocycles. The number of benzene rings is 1. The second-order valence-corrected chi connectivity index (χ2v) is 7.59. The molecule has 132 valence electrons. The first kappa shape index (κ1) is 17.7. The van der Waals surface area contributed by atoms with Crippen LogP contribution in [0.1, 0.15) is 11.8 Å². The summed E-state index contributed by atoms with van der Waals surface area (Å²) in [6.07, 6.45) is 1.80. The van der Waals surface area contributed by atoms with Gasteiger partial charge in [0.05, 0.1) is 17.8 Å². The highest BCUT2D eigenvalue weighted by molar-refractivity contribution is 7.91. The quantitative estimate of drug-likeness (QED) is 0.645. The summed E-state index contributed by atoms with van der Waals surface area (Å²) in [6, 6.07) is 6.28. The van der Waals surface area contributed by atoms with Crippen molar-refractivity contribution in [1.29, 1.82) is 0 Å².